The molecule has 0 aliphatic rings. The number of nitrogens with one attached hydrogen (secondary N) is 7. The summed E-state index contributed by atoms with van der Waals surface area (Å²) in [7, 11) is 2.42. The molecule has 0 saturated heterocycles. The summed E-state index contributed by atoms with van der Waals surface area (Å²) in [6.45, 7) is 3.23. The van der Waals surface area contributed by atoms with Crippen molar-refractivity contribution in [3.8, 4) is 5.75 Å². The number of carbonyl (C=O) groups is 7. The standard InChI is InChI=1S/C43H67N15O9S2/c1-43(2,69-68-23-32(38(65)53-22-33(45)60)58-37(64)28(44)20-26-12-15-27(59)16-13-26)24-54-35(62)21-31(55-34(61)17-14-25-8-4-3-5-9-25)40(67)57-30(11-7-19-52-42(49)50)39(66)56-29(36(46)63)10-6-18-51-41(47)48/h3-5,8-9,12-13,15-16,28-32,59H,6-7,10-11,14,17-24,44H2,1-2H3,(H2,45,60)(H2,46,63)(H,53,65)(H,54,62)(H,55,61)(H,56,66)(H,57,67)(H,58,64)(H4,47,48,51)(H4,49,50,52)/p-1. The van der Waals surface area contributed by atoms with Gasteiger partial charge in [-0.2, -0.15) is 0 Å². The minimum Gasteiger partial charge on any atom is -0.861 e. The van der Waals surface area contributed by atoms with E-state index in [-0.39, 0.29) is 81.6 Å². The number of rotatable bonds is 32. The lowest BCUT2D eigenvalue weighted by atomic mass is 10.1. The minimum atomic E-state index is -1.48. The largest absolute Gasteiger partial charge is 0.861 e. The molecule has 0 aliphatic carbocycles. The van der Waals surface area contributed by atoms with Crippen molar-refractivity contribution < 1.29 is 43.8 Å². The molecule has 69 heavy (non-hydrogen) atoms. The summed E-state index contributed by atoms with van der Waals surface area (Å²) in [5, 5.41) is 43.5. The van der Waals surface area contributed by atoms with E-state index < -0.39 is 95.2 Å². The van der Waals surface area contributed by atoms with Gasteiger partial charge >= 0.3 is 0 Å². The molecule has 0 fully saturated rings. The maximum atomic E-state index is 14.0. The molecule has 5 atom stereocenters. The number of hydrogen-bond acceptors (Lipinski definition) is 15. The van der Waals surface area contributed by atoms with Gasteiger partial charge in [0.1, 0.15) is 29.9 Å². The predicted molar refractivity (Wildman–Crippen MR) is 264 cm³/mol. The summed E-state index contributed by atoms with van der Waals surface area (Å²) >= 11 is 0. The first-order valence-electron chi connectivity index (χ1n) is 21.8. The number of aliphatic imine (C=N–C) groups is 2. The summed E-state index contributed by atoms with van der Waals surface area (Å²) in [6, 6.07) is 9.02. The van der Waals surface area contributed by atoms with Gasteiger partial charge in [0.05, 0.1) is 12.5 Å². The number of amides is 7. The van der Waals surface area contributed by atoms with Crippen molar-refractivity contribution >= 4 is 80.8 Å². The van der Waals surface area contributed by atoms with Crippen molar-refractivity contribution in [1.82, 2.24) is 31.9 Å². The molecule has 0 spiro atoms. The summed E-state index contributed by atoms with van der Waals surface area (Å²) in [4.78, 5) is 101. The van der Waals surface area contributed by atoms with Gasteiger partial charge in [-0.1, -0.05) is 64.1 Å². The third-order valence-corrected chi connectivity index (χ3v) is 13.0. The maximum absolute atomic E-state index is 14.0. The Labute approximate surface area is 408 Å². The highest BCUT2D eigenvalue weighted by Gasteiger charge is 2.32. The quantitative estimate of drug-likeness (QED) is 0.0147. The molecule has 0 bridgehead atoms. The van der Waals surface area contributed by atoms with Crippen LogP contribution in [0.3, 0.4) is 0 Å². The molecule has 0 heterocycles. The zero-order valence-corrected chi connectivity index (χ0v) is 40.3. The van der Waals surface area contributed by atoms with Crippen molar-refractivity contribution in [1.29, 1.82) is 5.41 Å². The first kappa shape index (κ1) is 58.3. The van der Waals surface area contributed by atoms with Gasteiger partial charge in [0.25, 0.3) is 0 Å². The van der Waals surface area contributed by atoms with Crippen LogP contribution in [-0.2, 0) is 46.4 Å². The van der Waals surface area contributed by atoms with E-state index >= 15 is 0 Å². The van der Waals surface area contributed by atoms with E-state index in [1.165, 1.54) is 33.7 Å². The summed E-state index contributed by atoms with van der Waals surface area (Å²) in [5.41, 5.74) is 34.9. The number of aromatic hydroxyl groups is 1. The number of guanidine groups is 2. The van der Waals surface area contributed by atoms with Crippen LogP contribution in [0, 0.1) is 5.41 Å². The lowest BCUT2D eigenvalue weighted by Gasteiger charge is -2.27. The van der Waals surface area contributed by atoms with Gasteiger partial charge in [0.2, 0.25) is 41.4 Å². The molecular weight excluding hydrogens is 935 g/mol. The highest BCUT2D eigenvalue weighted by Crippen LogP contribution is 2.35. The van der Waals surface area contributed by atoms with E-state index in [0.717, 1.165) is 5.56 Å². The Balaban J connectivity index is 2.21. The average Bonchev–Trinajstić information content (AvgIpc) is 3.28. The van der Waals surface area contributed by atoms with Crippen molar-refractivity contribution in [3.05, 3.63) is 65.7 Å². The molecular formula is C43H66N15O9S2-. The second kappa shape index (κ2) is 30.6. The van der Waals surface area contributed by atoms with E-state index in [1.807, 2.05) is 30.3 Å². The predicted octanol–water partition coefficient (Wildman–Crippen LogP) is -3.45. The van der Waals surface area contributed by atoms with Crippen molar-refractivity contribution in [2.45, 2.75) is 100 Å². The fraction of sp³-hybridized carbons (Fsp3) is 0.488. The van der Waals surface area contributed by atoms with E-state index in [0.29, 0.717) is 12.0 Å². The van der Waals surface area contributed by atoms with Gasteiger partial charge in [-0.3, -0.25) is 43.5 Å². The van der Waals surface area contributed by atoms with Crippen molar-refractivity contribution in [2.24, 2.45) is 44.4 Å². The van der Waals surface area contributed by atoms with Crippen LogP contribution in [0.5, 0.6) is 5.75 Å². The van der Waals surface area contributed by atoms with Gasteiger partial charge in [-0.05, 0) is 81.5 Å². The van der Waals surface area contributed by atoms with E-state index in [2.05, 4.69) is 41.9 Å². The molecule has 0 aromatic heterocycles. The van der Waals surface area contributed by atoms with Crippen LogP contribution in [0.15, 0.2) is 64.6 Å². The van der Waals surface area contributed by atoms with Gasteiger partial charge in [-0.15, -0.1) is 0 Å². The van der Waals surface area contributed by atoms with Gasteiger partial charge in [0.15, 0.2) is 11.9 Å². The van der Waals surface area contributed by atoms with Crippen molar-refractivity contribution in [2.75, 3.05) is 31.9 Å². The number of aryl methyl sites for hydroxylation is 1. The molecule has 2 rings (SSSR count). The number of phenols is 1. The molecule has 0 saturated carbocycles. The SMILES string of the molecule is CC(C)(CNC(=O)CC(NC(=O)CCc1ccccc1)C(=O)NC(CCCN=C(N)N)C(=O)NC(CCCN=C(N)N)C(N)=O)SSCC(NC(=O)C(N)Cc1ccc(O)cc1)C(=O)NCC(=N)[O-]. The van der Waals surface area contributed by atoms with Crippen LogP contribution in [0.1, 0.15) is 63.5 Å². The monoisotopic (exact) mass is 1000 g/mol. The van der Waals surface area contributed by atoms with E-state index in [4.69, 9.17) is 39.8 Å². The number of hydrogen-bond donors (Lipinski definition) is 14. The van der Waals surface area contributed by atoms with E-state index in [1.54, 1.807) is 26.0 Å². The number of nitrogens with two attached hydrogens (primary N) is 6. The molecule has 7 amide bonds. The molecule has 26 heteroatoms. The molecule has 380 valence electrons. The minimum absolute atomic E-state index is 0.0153. The fourth-order valence-corrected chi connectivity index (χ4v) is 8.71. The van der Waals surface area contributed by atoms with Crippen LogP contribution in [0.2, 0.25) is 0 Å². The van der Waals surface area contributed by atoms with Crippen LogP contribution in [-0.4, -0.2) is 131 Å². The maximum Gasteiger partial charge on any atom is 0.243 e. The van der Waals surface area contributed by atoms with Gasteiger partial charge in [-0.25, -0.2) is 0 Å². The molecule has 5 unspecified atom stereocenters. The normalized spacial score (nSPS) is 13.1. The molecule has 0 radical (unpaired) electrons. The Morgan fingerprint density at radius 3 is 1.86 bits per heavy atom. The Hall–Kier alpha value is -6.80. The molecule has 2 aromatic rings. The second-order valence-electron chi connectivity index (χ2n) is 16.3. The summed E-state index contributed by atoms with van der Waals surface area (Å²) in [5.74, 6) is -6.48. The highest BCUT2D eigenvalue weighted by molar-refractivity contribution is 8.77. The lowest BCUT2D eigenvalue weighted by Crippen LogP contribution is -2.57. The van der Waals surface area contributed by atoms with Crippen LogP contribution >= 0.6 is 21.6 Å². The molecule has 24 nitrogen and oxygen atoms in total. The first-order valence-corrected chi connectivity index (χ1v) is 24.1. The highest BCUT2D eigenvalue weighted by atomic mass is 33.1. The Morgan fingerprint density at radius 1 is 0.710 bits per heavy atom. The number of primary amides is 1. The summed E-state index contributed by atoms with van der Waals surface area (Å²) in [6.07, 6.45) is 0.335. The third-order valence-electron chi connectivity index (χ3n) is 9.72. The van der Waals surface area contributed by atoms with Crippen LogP contribution in [0.4, 0.5) is 0 Å². The van der Waals surface area contributed by atoms with Crippen molar-refractivity contribution in [3.63, 3.8) is 0 Å². The van der Waals surface area contributed by atoms with Crippen LogP contribution in [0.25, 0.3) is 0 Å². The molecule has 20 N–H and O–H groups in total. The van der Waals surface area contributed by atoms with E-state index in [9.17, 15) is 43.8 Å². The smallest absolute Gasteiger partial charge is 0.243 e. The molecule has 2 aromatic carbocycles. The second-order valence-corrected chi connectivity index (χ2v) is 19.4. The fourth-order valence-electron chi connectivity index (χ4n) is 6.08. The Bertz CT molecular complexity index is 2090. The van der Waals surface area contributed by atoms with Gasteiger partial charge < -0.3 is 81.9 Å². The zero-order valence-electron chi connectivity index (χ0n) is 38.7. The summed E-state index contributed by atoms with van der Waals surface area (Å²) < 4.78 is -0.743. The topological polar surface area (TPSA) is 440 Å². The Morgan fingerprint density at radius 2 is 1.28 bits per heavy atom. The number of nitrogens with zero attached hydrogens (tertiary/aromatic N) is 2. The van der Waals surface area contributed by atoms with Gasteiger partial charge in [0, 0.05) is 43.1 Å². The lowest BCUT2D eigenvalue weighted by molar-refractivity contribution is -0.219. The number of benzene rings is 2. The Kier molecular flexibility index (Phi) is 25.8. The first-order chi connectivity index (χ1) is 32.5. The average molecular weight is 1000 g/mol. The van der Waals surface area contributed by atoms with Crippen LogP contribution < -0.4 is 71.4 Å². The number of phenolic OH excluding ortho intramolecular Hbond substituents is 1. The molecule has 0 aliphatic heterocycles. The number of carbonyl (C=O) groups excluding carboxylic acids is 7. The third kappa shape index (κ3) is 25.2. The zero-order chi connectivity index (χ0) is 51.5.